The van der Waals surface area contributed by atoms with Crippen molar-refractivity contribution in [1.29, 1.82) is 0 Å². The van der Waals surface area contributed by atoms with Crippen LogP contribution in [0.2, 0.25) is 0 Å². The normalized spacial score (nSPS) is 12.9. The molecule has 0 atom stereocenters. The number of rotatable bonds is 2. The van der Waals surface area contributed by atoms with E-state index >= 15 is 0 Å². The van der Waals surface area contributed by atoms with Gasteiger partial charge in [0, 0.05) is 0 Å². The van der Waals surface area contributed by atoms with Crippen LogP contribution in [0.15, 0.2) is 18.2 Å². The minimum atomic E-state index is -5.71. The van der Waals surface area contributed by atoms with Gasteiger partial charge in [0.25, 0.3) is 0 Å². The Labute approximate surface area is 88.5 Å². The first-order valence-corrected chi connectivity index (χ1v) is 4.47. The van der Waals surface area contributed by atoms with Crippen LogP contribution in [-0.2, 0) is 12.3 Å². The third kappa shape index (κ3) is 2.10. The molecule has 1 rings (SSSR count). The predicted octanol–water partition coefficient (Wildman–Crippen LogP) is 3.61. The Morgan fingerprint density at radius 2 is 1.69 bits per heavy atom. The largest absolute Gasteiger partial charge is 0.507 e. The molecule has 0 fully saturated rings. The fraction of sp³-hybridized carbons (Fsp3) is 0.400. The smallest absolute Gasteiger partial charge is 0.458 e. The van der Waals surface area contributed by atoms with E-state index in [1.165, 1.54) is 6.07 Å². The topological polar surface area (TPSA) is 20.2 Å². The molecule has 0 bridgehead atoms. The standard InChI is InChI=1S/C10H9F5O/c1-2-6-3-4-8(16)7(5-6)9(11,12)10(13,14)15/h3-5,16H,2H2,1H3. The third-order valence-electron chi connectivity index (χ3n) is 2.16. The summed E-state index contributed by atoms with van der Waals surface area (Å²) >= 11 is 0. The van der Waals surface area contributed by atoms with Gasteiger partial charge >= 0.3 is 12.1 Å². The first-order valence-electron chi connectivity index (χ1n) is 4.47. The number of phenols is 1. The molecule has 6 heteroatoms. The zero-order valence-corrected chi connectivity index (χ0v) is 8.28. The molecule has 1 N–H and O–H groups in total. The molecule has 0 aliphatic heterocycles. The van der Waals surface area contributed by atoms with Crippen LogP contribution in [0, 0.1) is 0 Å². The van der Waals surface area contributed by atoms with Crippen molar-refractivity contribution in [2.24, 2.45) is 0 Å². The lowest BCUT2D eigenvalue weighted by Gasteiger charge is -2.21. The van der Waals surface area contributed by atoms with Crippen molar-refractivity contribution in [3.8, 4) is 5.75 Å². The lowest BCUT2D eigenvalue weighted by Crippen LogP contribution is -2.33. The van der Waals surface area contributed by atoms with Crippen LogP contribution in [0.4, 0.5) is 22.0 Å². The van der Waals surface area contributed by atoms with E-state index in [0.717, 1.165) is 6.07 Å². The quantitative estimate of drug-likeness (QED) is 0.783. The summed E-state index contributed by atoms with van der Waals surface area (Å²) in [5.41, 5.74) is -1.10. The number of phenolic OH excluding ortho intramolecular Hbond substituents is 1. The number of aromatic hydroxyl groups is 1. The lowest BCUT2D eigenvalue weighted by atomic mass is 10.0. The Balaban J connectivity index is 3.31. The zero-order valence-electron chi connectivity index (χ0n) is 8.28. The van der Waals surface area contributed by atoms with Gasteiger partial charge in [0.15, 0.2) is 0 Å². The van der Waals surface area contributed by atoms with E-state index in [1.807, 2.05) is 0 Å². The third-order valence-corrected chi connectivity index (χ3v) is 2.16. The highest BCUT2D eigenvalue weighted by molar-refractivity contribution is 5.40. The van der Waals surface area contributed by atoms with Crippen LogP contribution in [0.25, 0.3) is 0 Å². The molecule has 0 heterocycles. The van der Waals surface area contributed by atoms with E-state index in [9.17, 15) is 22.0 Å². The van der Waals surface area contributed by atoms with E-state index in [0.29, 0.717) is 18.1 Å². The van der Waals surface area contributed by atoms with Crippen LogP contribution in [0.3, 0.4) is 0 Å². The van der Waals surface area contributed by atoms with Crippen molar-refractivity contribution >= 4 is 0 Å². The number of alkyl halides is 5. The lowest BCUT2D eigenvalue weighted by molar-refractivity contribution is -0.289. The maximum absolute atomic E-state index is 13.0. The zero-order chi connectivity index (χ0) is 12.6. The Hall–Kier alpha value is -1.33. The fourth-order valence-corrected chi connectivity index (χ4v) is 1.21. The van der Waals surface area contributed by atoms with Gasteiger partial charge in [-0.2, -0.15) is 22.0 Å². The van der Waals surface area contributed by atoms with Gasteiger partial charge in [-0.25, -0.2) is 0 Å². The molecule has 0 aromatic heterocycles. The van der Waals surface area contributed by atoms with Crippen molar-refractivity contribution in [3.05, 3.63) is 29.3 Å². The molecule has 0 radical (unpaired) electrons. The van der Waals surface area contributed by atoms with Gasteiger partial charge in [0.1, 0.15) is 5.75 Å². The van der Waals surface area contributed by atoms with Crippen molar-refractivity contribution in [3.63, 3.8) is 0 Å². The van der Waals surface area contributed by atoms with Crippen LogP contribution in [-0.4, -0.2) is 11.3 Å². The van der Waals surface area contributed by atoms with Gasteiger partial charge in [-0.3, -0.25) is 0 Å². The molecule has 0 unspecified atom stereocenters. The Kier molecular flexibility index (Phi) is 3.12. The monoisotopic (exact) mass is 240 g/mol. The minimum Gasteiger partial charge on any atom is -0.507 e. The second kappa shape index (κ2) is 3.92. The highest BCUT2D eigenvalue weighted by Gasteiger charge is 2.59. The molecule has 0 aliphatic rings. The van der Waals surface area contributed by atoms with Crippen LogP contribution in [0.1, 0.15) is 18.1 Å². The minimum absolute atomic E-state index is 0.303. The molecule has 1 aromatic rings. The number of benzene rings is 1. The van der Waals surface area contributed by atoms with Gasteiger partial charge in [-0.05, 0) is 24.1 Å². The molecule has 16 heavy (non-hydrogen) atoms. The maximum Gasteiger partial charge on any atom is 0.458 e. The second-order valence-electron chi connectivity index (χ2n) is 3.28. The van der Waals surface area contributed by atoms with Crippen molar-refractivity contribution in [1.82, 2.24) is 0 Å². The number of halogens is 5. The van der Waals surface area contributed by atoms with Crippen molar-refractivity contribution in [2.75, 3.05) is 0 Å². The molecule has 90 valence electrons. The first kappa shape index (κ1) is 12.7. The Morgan fingerprint density at radius 3 is 2.12 bits per heavy atom. The predicted molar refractivity (Wildman–Crippen MR) is 47.4 cm³/mol. The highest BCUT2D eigenvalue weighted by atomic mass is 19.4. The van der Waals surface area contributed by atoms with E-state index in [-0.39, 0.29) is 0 Å². The Bertz CT molecular complexity index is 383. The summed E-state index contributed by atoms with van der Waals surface area (Å²) in [7, 11) is 0. The SMILES string of the molecule is CCc1ccc(O)c(C(F)(F)C(F)(F)F)c1. The Morgan fingerprint density at radius 1 is 1.12 bits per heavy atom. The van der Waals surface area contributed by atoms with Gasteiger partial charge < -0.3 is 5.11 Å². The molecule has 1 nitrogen and oxygen atoms in total. The molecular weight excluding hydrogens is 231 g/mol. The van der Waals surface area contributed by atoms with Gasteiger partial charge in [-0.1, -0.05) is 13.0 Å². The molecule has 0 saturated heterocycles. The van der Waals surface area contributed by atoms with Crippen LogP contribution in [0.5, 0.6) is 5.75 Å². The van der Waals surface area contributed by atoms with Gasteiger partial charge in [0.2, 0.25) is 0 Å². The fourth-order valence-electron chi connectivity index (χ4n) is 1.21. The van der Waals surface area contributed by atoms with E-state index < -0.39 is 23.4 Å². The van der Waals surface area contributed by atoms with Crippen molar-refractivity contribution < 1.29 is 27.1 Å². The molecule has 0 amide bonds. The number of hydrogen-bond acceptors (Lipinski definition) is 1. The summed E-state index contributed by atoms with van der Waals surface area (Å²) < 4.78 is 62.1. The first-order chi connectivity index (χ1) is 7.20. The molecule has 0 aliphatic carbocycles. The van der Waals surface area contributed by atoms with Crippen LogP contribution >= 0.6 is 0 Å². The summed E-state index contributed by atoms with van der Waals surface area (Å²) in [6.07, 6.45) is -5.40. The summed E-state index contributed by atoms with van der Waals surface area (Å²) in [4.78, 5) is 0. The maximum atomic E-state index is 13.0. The second-order valence-corrected chi connectivity index (χ2v) is 3.28. The van der Waals surface area contributed by atoms with E-state index in [2.05, 4.69) is 0 Å². The molecule has 1 aromatic carbocycles. The number of aryl methyl sites for hydroxylation is 1. The molecular formula is C10H9F5O. The highest BCUT2D eigenvalue weighted by Crippen LogP contribution is 2.46. The summed E-state index contributed by atoms with van der Waals surface area (Å²) in [6.45, 7) is 1.61. The summed E-state index contributed by atoms with van der Waals surface area (Å²) in [5.74, 6) is -6.10. The molecule has 0 saturated carbocycles. The van der Waals surface area contributed by atoms with Gasteiger partial charge in [0.05, 0.1) is 5.56 Å². The van der Waals surface area contributed by atoms with Crippen LogP contribution < -0.4 is 0 Å². The van der Waals surface area contributed by atoms with E-state index in [4.69, 9.17) is 5.11 Å². The van der Waals surface area contributed by atoms with Gasteiger partial charge in [-0.15, -0.1) is 0 Å². The number of hydrogen-bond donors (Lipinski definition) is 1. The van der Waals surface area contributed by atoms with Crippen molar-refractivity contribution in [2.45, 2.75) is 25.4 Å². The average molecular weight is 240 g/mol. The average Bonchev–Trinajstić information content (AvgIpc) is 2.16. The summed E-state index contributed by atoms with van der Waals surface area (Å²) in [5, 5.41) is 9.05. The summed E-state index contributed by atoms with van der Waals surface area (Å²) in [6, 6.07) is 2.81. The van der Waals surface area contributed by atoms with E-state index in [1.54, 1.807) is 6.92 Å². The molecule has 0 spiro atoms.